The van der Waals surface area contributed by atoms with E-state index in [1.807, 2.05) is 29.2 Å². The van der Waals surface area contributed by atoms with Crippen LogP contribution in [0.1, 0.15) is 24.2 Å². The van der Waals surface area contributed by atoms with Crippen molar-refractivity contribution in [3.63, 3.8) is 0 Å². The summed E-state index contributed by atoms with van der Waals surface area (Å²) in [6.45, 7) is 13.0. The quantitative estimate of drug-likeness (QED) is 0.409. The molecule has 4 heterocycles. The maximum Gasteiger partial charge on any atom is 0.323 e. The molecule has 13 heteroatoms. The highest BCUT2D eigenvalue weighted by atomic mass is 16.5. The molecule has 0 radical (unpaired) electrons. The maximum absolute atomic E-state index is 13.0. The predicted octanol–water partition coefficient (Wildman–Crippen LogP) is 3.02. The van der Waals surface area contributed by atoms with Gasteiger partial charge >= 0.3 is 6.03 Å². The highest BCUT2D eigenvalue weighted by Gasteiger charge is 2.24. The normalized spacial score (nSPS) is 17.8. The largest absolute Gasteiger partial charge is 0.378 e. The van der Waals surface area contributed by atoms with Crippen LogP contribution in [0.25, 0.3) is 11.4 Å². The molecule has 0 bridgehead atoms. The minimum absolute atomic E-state index is 0.0156. The zero-order valence-electron chi connectivity index (χ0n) is 25.9. The first kappa shape index (κ1) is 30.7. The monoisotopic (exact) mass is 615 g/mol. The van der Waals surface area contributed by atoms with Crippen LogP contribution >= 0.6 is 0 Å². The number of morpholine rings is 2. The predicted molar refractivity (Wildman–Crippen MR) is 173 cm³/mol. The molecule has 45 heavy (non-hydrogen) atoms. The summed E-state index contributed by atoms with van der Waals surface area (Å²) in [7, 11) is 0. The van der Waals surface area contributed by atoms with Crippen molar-refractivity contribution in [2.75, 3.05) is 99.2 Å². The van der Waals surface area contributed by atoms with E-state index >= 15 is 0 Å². The van der Waals surface area contributed by atoms with E-state index in [1.54, 1.807) is 24.3 Å². The summed E-state index contributed by atoms with van der Waals surface area (Å²) in [5.41, 5.74) is 2.65. The molecule has 3 aromatic rings. The Labute approximate surface area is 263 Å². The molecule has 13 nitrogen and oxygen atoms in total. The third-order valence-electron chi connectivity index (χ3n) is 8.32. The number of nitrogens with zero attached hydrogens (tertiary/aromatic N) is 7. The van der Waals surface area contributed by atoms with E-state index in [0.29, 0.717) is 67.1 Å². The second-order valence-corrected chi connectivity index (χ2v) is 11.6. The van der Waals surface area contributed by atoms with Crippen molar-refractivity contribution in [1.29, 1.82) is 0 Å². The van der Waals surface area contributed by atoms with E-state index in [1.165, 1.54) is 0 Å². The fourth-order valence-corrected chi connectivity index (χ4v) is 5.61. The minimum Gasteiger partial charge on any atom is -0.378 e. The van der Waals surface area contributed by atoms with Gasteiger partial charge < -0.3 is 34.8 Å². The number of amides is 3. The molecular formula is C32H41N9O4. The summed E-state index contributed by atoms with van der Waals surface area (Å²) in [5, 5.41) is 5.71. The smallest absolute Gasteiger partial charge is 0.323 e. The van der Waals surface area contributed by atoms with Crippen LogP contribution in [-0.4, -0.2) is 122 Å². The lowest BCUT2D eigenvalue weighted by molar-refractivity contribution is 0.0595. The van der Waals surface area contributed by atoms with Crippen LogP contribution in [0.4, 0.5) is 28.1 Å². The van der Waals surface area contributed by atoms with E-state index in [0.717, 1.165) is 57.9 Å². The Balaban J connectivity index is 1.07. The number of aromatic nitrogens is 3. The van der Waals surface area contributed by atoms with Gasteiger partial charge in [-0.15, -0.1) is 0 Å². The number of hydrogen-bond acceptors (Lipinski definition) is 10. The van der Waals surface area contributed by atoms with Crippen molar-refractivity contribution in [1.82, 2.24) is 24.8 Å². The van der Waals surface area contributed by atoms with Crippen LogP contribution in [-0.2, 0) is 9.47 Å². The molecule has 0 atom stereocenters. The summed E-state index contributed by atoms with van der Waals surface area (Å²) >= 11 is 0. The molecular weight excluding hydrogens is 574 g/mol. The van der Waals surface area contributed by atoms with Gasteiger partial charge in [0.25, 0.3) is 5.91 Å². The molecule has 3 saturated heterocycles. The van der Waals surface area contributed by atoms with Crippen LogP contribution in [0, 0.1) is 0 Å². The van der Waals surface area contributed by atoms with Gasteiger partial charge in [0.1, 0.15) is 0 Å². The van der Waals surface area contributed by atoms with E-state index in [4.69, 9.17) is 24.4 Å². The lowest BCUT2D eigenvalue weighted by atomic mass is 10.1. The Morgan fingerprint density at radius 2 is 1.16 bits per heavy atom. The first-order valence-electron chi connectivity index (χ1n) is 15.7. The summed E-state index contributed by atoms with van der Waals surface area (Å²) in [6.07, 6.45) is 0. The highest BCUT2D eigenvalue weighted by molar-refractivity contribution is 6.00. The van der Waals surface area contributed by atoms with Gasteiger partial charge in [0, 0.05) is 80.9 Å². The standard InChI is InChI=1S/C32H41N9O4/c1-23(2)38-11-13-39(14-12-38)29(42)25-5-9-27(10-6-25)34-32(43)33-26-7-3-24(4-8-26)28-35-30(40-15-19-44-20-16-40)37-31(36-28)41-17-21-45-22-18-41/h3-10,23H,11-22H2,1-2H3,(H2,33,34,43). The van der Waals surface area contributed by atoms with Gasteiger partial charge in [0.05, 0.1) is 26.4 Å². The number of rotatable bonds is 7. The first-order chi connectivity index (χ1) is 21.9. The van der Waals surface area contributed by atoms with Gasteiger partial charge in [-0.2, -0.15) is 15.0 Å². The zero-order chi connectivity index (χ0) is 31.2. The minimum atomic E-state index is -0.379. The van der Waals surface area contributed by atoms with Crippen molar-refractivity contribution >= 4 is 35.2 Å². The average Bonchev–Trinajstić information content (AvgIpc) is 3.09. The van der Waals surface area contributed by atoms with Crippen LogP contribution in [0.2, 0.25) is 0 Å². The number of benzene rings is 2. The fraction of sp³-hybridized carbons (Fsp3) is 0.469. The Bertz CT molecular complexity index is 1410. The van der Waals surface area contributed by atoms with E-state index in [-0.39, 0.29) is 11.9 Å². The summed E-state index contributed by atoms with van der Waals surface area (Å²) in [6, 6.07) is 14.5. The van der Waals surface area contributed by atoms with Crippen molar-refractivity contribution in [3.05, 3.63) is 54.1 Å². The number of anilines is 4. The fourth-order valence-electron chi connectivity index (χ4n) is 5.61. The number of piperazine rings is 1. The van der Waals surface area contributed by atoms with Gasteiger partial charge in [0.2, 0.25) is 11.9 Å². The summed E-state index contributed by atoms with van der Waals surface area (Å²) in [5.74, 6) is 1.85. The Kier molecular flexibility index (Phi) is 9.67. The molecule has 6 rings (SSSR count). The van der Waals surface area contributed by atoms with Crippen molar-refractivity contribution < 1.29 is 19.1 Å². The van der Waals surface area contributed by atoms with E-state index in [2.05, 4.69) is 39.2 Å². The van der Waals surface area contributed by atoms with Gasteiger partial charge in [-0.3, -0.25) is 9.69 Å². The number of ether oxygens (including phenoxy) is 2. The lowest BCUT2D eigenvalue weighted by Crippen LogP contribution is -2.50. The molecule has 1 aromatic heterocycles. The van der Waals surface area contributed by atoms with Crippen LogP contribution in [0.5, 0.6) is 0 Å². The van der Waals surface area contributed by atoms with Gasteiger partial charge in [-0.1, -0.05) is 0 Å². The third kappa shape index (κ3) is 7.67. The number of nitrogens with one attached hydrogen (secondary N) is 2. The molecule has 2 aromatic carbocycles. The molecule has 2 N–H and O–H groups in total. The first-order valence-corrected chi connectivity index (χ1v) is 15.7. The lowest BCUT2D eigenvalue weighted by Gasteiger charge is -2.37. The molecule has 0 aliphatic carbocycles. The van der Waals surface area contributed by atoms with Crippen molar-refractivity contribution in [2.45, 2.75) is 19.9 Å². The topological polar surface area (TPSA) is 128 Å². The molecule has 0 saturated carbocycles. The zero-order valence-corrected chi connectivity index (χ0v) is 25.9. The van der Waals surface area contributed by atoms with Crippen LogP contribution in [0.15, 0.2) is 48.5 Å². The van der Waals surface area contributed by atoms with Gasteiger partial charge in [-0.05, 0) is 62.4 Å². The molecule has 3 amide bonds. The maximum atomic E-state index is 13.0. The number of carbonyl (C=O) groups excluding carboxylic acids is 2. The molecule has 3 aliphatic rings. The average molecular weight is 616 g/mol. The molecule has 0 unspecified atom stereocenters. The number of carbonyl (C=O) groups is 2. The summed E-state index contributed by atoms with van der Waals surface area (Å²) < 4.78 is 11.0. The number of hydrogen-bond donors (Lipinski definition) is 2. The van der Waals surface area contributed by atoms with Gasteiger partial charge in [0.15, 0.2) is 5.82 Å². The molecule has 3 aliphatic heterocycles. The van der Waals surface area contributed by atoms with E-state index < -0.39 is 0 Å². The Morgan fingerprint density at radius 1 is 0.667 bits per heavy atom. The van der Waals surface area contributed by atoms with Crippen molar-refractivity contribution in [2.24, 2.45) is 0 Å². The van der Waals surface area contributed by atoms with Crippen LogP contribution in [0.3, 0.4) is 0 Å². The van der Waals surface area contributed by atoms with E-state index in [9.17, 15) is 9.59 Å². The molecule has 3 fully saturated rings. The highest BCUT2D eigenvalue weighted by Crippen LogP contribution is 2.24. The van der Waals surface area contributed by atoms with Gasteiger partial charge in [-0.25, -0.2) is 4.79 Å². The second kappa shape index (κ2) is 14.2. The number of urea groups is 1. The van der Waals surface area contributed by atoms with Crippen LogP contribution < -0.4 is 20.4 Å². The van der Waals surface area contributed by atoms with Crippen molar-refractivity contribution in [3.8, 4) is 11.4 Å². The third-order valence-corrected chi connectivity index (χ3v) is 8.32. The Morgan fingerprint density at radius 3 is 1.64 bits per heavy atom. The molecule has 238 valence electrons. The summed E-state index contributed by atoms with van der Waals surface area (Å²) in [4.78, 5) is 48.6. The molecule has 0 spiro atoms. The second-order valence-electron chi connectivity index (χ2n) is 11.6. The Hall–Kier alpha value is -4.33. The SMILES string of the molecule is CC(C)N1CCN(C(=O)c2ccc(NC(=O)Nc3ccc(-c4nc(N5CCOCC5)nc(N5CCOCC5)n4)cc3)cc2)CC1.